The number of benzene rings is 11. The molecule has 0 aliphatic rings. The number of rotatable bonds is 13. The van der Waals surface area contributed by atoms with Crippen LogP contribution in [0.2, 0.25) is 0 Å². The Hall–Kier alpha value is -8.60. The molecular weight excluding hydrogens is 1250 g/mol. The topological polar surface area (TPSA) is 23.0 Å². The Morgan fingerprint density at radius 3 is 1.75 bits per heavy atom. The second-order valence-corrected chi connectivity index (χ2v) is 29.0. The van der Waals surface area contributed by atoms with E-state index >= 15 is 0 Å². The molecule has 0 aliphatic heterocycles. The minimum absolute atomic E-state index is 0. The molecule has 87 heavy (non-hydrogen) atoms. The van der Waals surface area contributed by atoms with E-state index < -0.39 is 61.9 Å². The molecule has 0 radical (unpaired) electrons. The first kappa shape index (κ1) is 48.5. The largest absolute Gasteiger partial charge is 4.00 e. The van der Waals surface area contributed by atoms with Crippen LogP contribution in [0.1, 0.15) is 91.3 Å². The molecule has 4 nitrogen and oxygen atoms in total. The molecule has 6 heteroatoms. The van der Waals surface area contributed by atoms with Gasteiger partial charge in [0.15, 0.2) is 8.07 Å². The molecule has 2 heterocycles. The van der Waals surface area contributed by atoms with Crippen molar-refractivity contribution >= 4 is 61.7 Å². The Bertz CT molecular complexity index is 5000. The third-order valence-electron chi connectivity index (χ3n) is 15.7. The van der Waals surface area contributed by atoms with E-state index in [2.05, 4.69) is 179 Å². The van der Waals surface area contributed by atoms with E-state index in [1.54, 1.807) is 26.8 Å². The minimum atomic E-state index is -3.03. The van der Waals surface area contributed by atoms with Gasteiger partial charge in [0.1, 0.15) is 0 Å². The maximum atomic E-state index is 10.3. The first-order chi connectivity index (χ1) is 45.1. The summed E-state index contributed by atoms with van der Waals surface area (Å²) < 4.78 is 95.8. The number of ether oxygens (including phenoxy) is 1. The molecule has 430 valence electrons. The van der Waals surface area contributed by atoms with Crippen LogP contribution in [0.15, 0.2) is 249 Å². The van der Waals surface area contributed by atoms with Crippen molar-refractivity contribution in [2.24, 2.45) is 10.8 Å². The zero-order chi connectivity index (χ0) is 67.3. The van der Waals surface area contributed by atoms with Gasteiger partial charge in [-0.15, -0.1) is 46.8 Å². The van der Waals surface area contributed by atoms with Gasteiger partial charge < -0.3 is 13.9 Å². The van der Waals surface area contributed by atoms with Gasteiger partial charge in [0.25, 0.3) is 6.33 Å². The maximum Gasteiger partial charge on any atom is 4.00 e. The van der Waals surface area contributed by atoms with E-state index in [1.165, 1.54) is 26.8 Å². The van der Waals surface area contributed by atoms with Crippen LogP contribution in [0.5, 0.6) is 11.5 Å². The monoisotopic (exact) mass is 1330 g/mol. The summed E-state index contributed by atoms with van der Waals surface area (Å²) in [6, 6.07) is 82.6. The summed E-state index contributed by atoms with van der Waals surface area (Å²) in [6.07, 6.45) is -0.170. The second kappa shape index (κ2) is 23.6. The van der Waals surface area contributed by atoms with Gasteiger partial charge in [-0.25, -0.2) is 0 Å². The van der Waals surface area contributed by atoms with Crippen molar-refractivity contribution in [3.05, 3.63) is 290 Å². The zero-order valence-corrected chi connectivity index (χ0v) is 53.6. The van der Waals surface area contributed by atoms with E-state index in [1.807, 2.05) is 107 Å². The molecular formula is C81H72N3OPtSi+. The number of aromatic nitrogens is 3. The normalized spacial score (nSPS) is 14.0. The fourth-order valence-electron chi connectivity index (χ4n) is 12.1. The van der Waals surface area contributed by atoms with Crippen LogP contribution in [-0.2, 0) is 39.2 Å². The van der Waals surface area contributed by atoms with Crippen molar-refractivity contribution < 1.29 is 42.7 Å². The van der Waals surface area contributed by atoms with Gasteiger partial charge in [-0.1, -0.05) is 279 Å². The molecule has 0 amide bonds. The summed E-state index contributed by atoms with van der Waals surface area (Å²) >= 11 is 0. The molecule has 13 rings (SSSR count). The van der Waals surface area contributed by atoms with E-state index in [0.29, 0.717) is 39.6 Å². The van der Waals surface area contributed by atoms with Crippen LogP contribution in [0, 0.1) is 35.4 Å². The van der Waals surface area contributed by atoms with Crippen molar-refractivity contribution in [2.45, 2.75) is 80.5 Å². The maximum absolute atomic E-state index is 10.3. The molecule has 2 aromatic heterocycles. The Morgan fingerprint density at radius 2 is 1.09 bits per heavy atom. The first-order valence-electron chi connectivity index (χ1n) is 33.8. The molecule has 0 aliphatic carbocycles. The molecule has 0 unspecified atom stereocenters. The van der Waals surface area contributed by atoms with Crippen molar-refractivity contribution in [3.8, 4) is 50.8 Å². The molecule has 0 bridgehead atoms. The van der Waals surface area contributed by atoms with E-state index in [9.17, 15) is 5.48 Å². The number of imidazole rings is 1. The summed E-state index contributed by atoms with van der Waals surface area (Å²) in [5.74, 6) is 0.750. The van der Waals surface area contributed by atoms with Crippen LogP contribution < -0.4 is 30.1 Å². The van der Waals surface area contributed by atoms with Gasteiger partial charge in [0.05, 0.1) is 23.6 Å². The first-order valence-corrected chi connectivity index (χ1v) is 31.3. The van der Waals surface area contributed by atoms with Crippen molar-refractivity contribution in [1.29, 1.82) is 0 Å². The van der Waals surface area contributed by atoms with Gasteiger partial charge >= 0.3 is 21.1 Å². The molecule has 13 aromatic rings. The standard InChI is InChI=1S/C81H72N3OSi.Pt/c1-79(2,3)54-59-49-63(44-46-70(59)57-28-14-10-15-29-57)84-74-41-23-22-40-71(74)72-47-45-65(53-77(72)84)85-64-32-27-31-62(52-64)82-56-83(76-43-25-24-42-75(76)82)78-60(55-80(4,5)6)48-61(81(7,8)9)51-73(78)58-30-26-39-69(50-58)86(66-33-16-11-17-34-66,67-35-18-12-19-36-67)68-37-20-13-21-38-68;/h10-43,45-51H,54-55H2,1-9H3;/q-3;+4/i10D,14D,15D,28D,29D,54D2,55D2;. The predicted octanol–water partition coefficient (Wildman–Crippen LogP) is 17.2. The second-order valence-electron chi connectivity index (χ2n) is 25.2. The average Bonchev–Trinajstić information content (AvgIpc) is 1.18. The Labute approximate surface area is 542 Å². The molecule has 11 aromatic carbocycles. The smallest absolute Gasteiger partial charge is 0.510 e. The Kier molecular flexibility index (Phi) is 13.1. The molecule has 0 atom stereocenters. The van der Waals surface area contributed by atoms with Crippen LogP contribution in [0.4, 0.5) is 0 Å². The number of hydrogen-bond donors (Lipinski definition) is 0. The average molecular weight is 1340 g/mol. The van der Waals surface area contributed by atoms with Gasteiger partial charge in [0.2, 0.25) is 0 Å². The summed E-state index contributed by atoms with van der Waals surface area (Å²) in [5, 5.41) is 6.66. The van der Waals surface area contributed by atoms with Crippen molar-refractivity contribution in [2.75, 3.05) is 0 Å². The van der Waals surface area contributed by atoms with Gasteiger partial charge in [-0.3, -0.25) is 4.57 Å². The summed E-state index contributed by atoms with van der Waals surface area (Å²) in [4.78, 5) is 0. The molecule has 0 fully saturated rings. The number of hydrogen-bond acceptors (Lipinski definition) is 1. The minimum Gasteiger partial charge on any atom is -0.510 e. The number of para-hydroxylation sites is 3. The SMILES string of the molecule is [2H]c1c([2H])c([2H])c(-c2c[c-]c(-n3c4[c-]c(Oc5[c-]c(-n6[c-][n+](-c7c(-c8cccc([Si](c9ccccc9)(c9ccccc9)c9ccccc9)c8)cc(C(C)(C)C)cc7C([2H])([2H])C(C)(C)C)c7ccccc76)ccc5)ccc4c4ccccc43)cc2C([2H])([2H])C(C)(C)C)c([2H])c1[2H].[Pt+4]. The van der Waals surface area contributed by atoms with E-state index in [-0.39, 0.29) is 43.2 Å². The predicted molar refractivity (Wildman–Crippen MR) is 361 cm³/mol. The van der Waals surface area contributed by atoms with Crippen LogP contribution in [0.3, 0.4) is 0 Å². The number of nitrogens with zero attached hydrogens (tertiary/aromatic N) is 3. The zero-order valence-electron chi connectivity index (χ0n) is 59.4. The van der Waals surface area contributed by atoms with Crippen LogP contribution in [0.25, 0.3) is 72.2 Å². The quantitative estimate of drug-likeness (QED) is 0.0488. The van der Waals surface area contributed by atoms with Crippen molar-refractivity contribution in [1.82, 2.24) is 9.13 Å². The third kappa shape index (κ3) is 11.5. The summed E-state index contributed by atoms with van der Waals surface area (Å²) in [5.41, 5.74) is 6.01. The van der Waals surface area contributed by atoms with Crippen molar-refractivity contribution in [3.63, 3.8) is 0 Å². The van der Waals surface area contributed by atoms with E-state index in [0.717, 1.165) is 44.0 Å². The van der Waals surface area contributed by atoms with Gasteiger partial charge in [-0.05, 0) is 89.1 Å². The summed E-state index contributed by atoms with van der Waals surface area (Å²) in [7, 11) is -3.03. The van der Waals surface area contributed by atoms with E-state index in [4.69, 9.17) is 11.6 Å². The Balaban J connectivity index is 0.00000881. The molecule has 0 saturated carbocycles. The molecule has 0 saturated heterocycles. The van der Waals surface area contributed by atoms with Crippen LogP contribution in [-0.4, -0.2) is 17.2 Å². The van der Waals surface area contributed by atoms with Gasteiger partial charge in [0, 0.05) is 22.5 Å². The number of fused-ring (bicyclic) bond motifs is 4. The molecule has 0 N–H and O–H groups in total. The van der Waals surface area contributed by atoms with Gasteiger partial charge in [-0.2, -0.15) is 30.3 Å². The fourth-order valence-corrected chi connectivity index (χ4v) is 16.8. The third-order valence-corrected chi connectivity index (χ3v) is 20.5. The van der Waals surface area contributed by atoms with Crippen LogP contribution >= 0.6 is 0 Å². The summed E-state index contributed by atoms with van der Waals surface area (Å²) in [6.45, 7) is 17.8. The Morgan fingerprint density at radius 1 is 0.506 bits per heavy atom. The molecule has 0 spiro atoms. The fraction of sp³-hybridized carbons (Fsp3) is 0.173.